The summed E-state index contributed by atoms with van der Waals surface area (Å²) >= 11 is 0. The van der Waals surface area contributed by atoms with Crippen molar-refractivity contribution >= 4 is 34.1 Å². The largest absolute Gasteiger partial charge is 0.394 e. The van der Waals surface area contributed by atoms with Crippen molar-refractivity contribution in [2.45, 2.75) is 13.0 Å². The lowest BCUT2D eigenvalue weighted by atomic mass is 10.1. The maximum atomic E-state index is 13.0. The van der Waals surface area contributed by atoms with Gasteiger partial charge in [-0.05, 0) is 54.1 Å². The number of carbonyl (C=O) groups excluding carboxylic acids is 3. The maximum absolute atomic E-state index is 13.0. The molecule has 1 heterocycles. The number of rotatable bonds is 6. The topological polar surface area (TPSA) is 90.0 Å². The molecule has 1 aliphatic heterocycles. The van der Waals surface area contributed by atoms with E-state index >= 15 is 0 Å². The molecule has 1 unspecified atom stereocenters. The number of nitrogens with zero attached hydrogens (tertiary/aromatic N) is 2. The Morgan fingerprint density at radius 1 is 0.879 bits per heavy atom. The standard InChI is InChI=1S/C26H27N3O4/c1-18(31)19-8-10-23(11-9-19)28-12-14-29(15-13-28)26(33)24(17-30)27-25(32)22-7-6-20-4-2-3-5-21(20)16-22/h2-11,16,24,30H,12-15,17H2,1H3,(H,27,32). The zero-order chi connectivity index (χ0) is 23.4. The van der Waals surface area contributed by atoms with Gasteiger partial charge in [0.1, 0.15) is 6.04 Å². The van der Waals surface area contributed by atoms with Gasteiger partial charge in [-0.3, -0.25) is 14.4 Å². The van der Waals surface area contributed by atoms with Crippen molar-refractivity contribution in [1.82, 2.24) is 10.2 Å². The smallest absolute Gasteiger partial charge is 0.252 e. The van der Waals surface area contributed by atoms with E-state index in [1.165, 1.54) is 6.92 Å². The molecule has 0 saturated carbocycles. The number of fused-ring (bicyclic) bond motifs is 1. The molecule has 2 N–H and O–H groups in total. The zero-order valence-corrected chi connectivity index (χ0v) is 18.5. The number of ketones is 1. The Bertz CT molecular complexity index is 1170. The van der Waals surface area contributed by atoms with Crippen molar-refractivity contribution in [1.29, 1.82) is 0 Å². The molecule has 4 rings (SSSR count). The van der Waals surface area contributed by atoms with Crippen LogP contribution in [-0.2, 0) is 4.79 Å². The van der Waals surface area contributed by atoms with E-state index in [2.05, 4.69) is 10.2 Å². The fourth-order valence-corrected chi connectivity index (χ4v) is 4.07. The molecule has 7 nitrogen and oxygen atoms in total. The maximum Gasteiger partial charge on any atom is 0.252 e. The average molecular weight is 446 g/mol. The number of carbonyl (C=O) groups is 3. The summed E-state index contributed by atoms with van der Waals surface area (Å²) in [5, 5.41) is 14.4. The Labute approximate surface area is 192 Å². The number of anilines is 1. The molecular weight excluding hydrogens is 418 g/mol. The Balaban J connectivity index is 1.36. The molecule has 2 amide bonds. The summed E-state index contributed by atoms with van der Waals surface area (Å²) in [5.41, 5.74) is 2.11. The van der Waals surface area contributed by atoms with Crippen molar-refractivity contribution in [3.8, 4) is 0 Å². The minimum Gasteiger partial charge on any atom is -0.394 e. The summed E-state index contributed by atoms with van der Waals surface area (Å²) in [4.78, 5) is 41.0. The monoisotopic (exact) mass is 445 g/mol. The first-order valence-corrected chi connectivity index (χ1v) is 11.0. The summed E-state index contributed by atoms with van der Waals surface area (Å²) in [6.45, 7) is 3.29. The molecule has 170 valence electrons. The second-order valence-corrected chi connectivity index (χ2v) is 8.19. The Morgan fingerprint density at radius 3 is 2.15 bits per heavy atom. The summed E-state index contributed by atoms with van der Waals surface area (Å²) in [6, 6.07) is 19.5. The third-order valence-corrected chi connectivity index (χ3v) is 6.03. The van der Waals surface area contributed by atoms with Gasteiger partial charge in [0, 0.05) is 43.0 Å². The molecule has 1 fully saturated rings. The fourth-order valence-electron chi connectivity index (χ4n) is 4.07. The SMILES string of the molecule is CC(=O)c1ccc(N2CCN(C(=O)C(CO)NC(=O)c3ccc4ccccc4c3)CC2)cc1. The van der Waals surface area contributed by atoms with E-state index in [9.17, 15) is 19.5 Å². The van der Waals surface area contributed by atoms with Gasteiger partial charge in [0.25, 0.3) is 5.91 Å². The number of Topliss-reactive ketones (excluding diaryl/α,β-unsaturated/α-hetero) is 1. The van der Waals surface area contributed by atoms with Crippen LogP contribution in [0.15, 0.2) is 66.7 Å². The van der Waals surface area contributed by atoms with Gasteiger partial charge in [-0.1, -0.05) is 30.3 Å². The highest BCUT2D eigenvalue weighted by Gasteiger charge is 2.28. The Morgan fingerprint density at radius 2 is 1.52 bits per heavy atom. The predicted octanol–water partition coefficient (Wildman–Crippen LogP) is 2.48. The van der Waals surface area contributed by atoms with Crippen molar-refractivity contribution in [2.75, 3.05) is 37.7 Å². The van der Waals surface area contributed by atoms with Crippen LogP contribution in [0.3, 0.4) is 0 Å². The number of aliphatic hydroxyl groups is 1. The minimum absolute atomic E-state index is 0.0257. The first kappa shape index (κ1) is 22.5. The lowest BCUT2D eigenvalue weighted by Gasteiger charge is -2.37. The van der Waals surface area contributed by atoms with Crippen LogP contribution in [-0.4, -0.2) is 66.4 Å². The molecule has 7 heteroatoms. The first-order valence-electron chi connectivity index (χ1n) is 11.0. The van der Waals surface area contributed by atoms with Crippen molar-refractivity contribution in [3.63, 3.8) is 0 Å². The lowest BCUT2D eigenvalue weighted by molar-refractivity contribution is -0.134. The predicted molar refractivity (Wildman–Crippen MR) is 128 cm³/mol. The zero-order valence-electron chi connectivity index (χ0n) is 18.5. The third-order valence-electron chi connectivity index (χ3n) is 6.03. The summed E-state index contributed by atoms with van der Waals surface area (Å²) in [7, 11) is 0. The second kappa shape index (κ2) is 9.83. The molecule has 1 atom stereocenters. The van der Waals surface area contributed by atoms with Crippen molar-refractivity contribution in [3.05, 3.63) is 77.9 Å². The molecule has 0 bridgehead atoms. The van der Waals surface area contributed by atoms with E-state index in [0.717, 1.165) is 16.5 Å². The number of nitrogens with one attached hydrogen (secondary N) is 1. The molecule has 3 aromatic rings. The number of benzene rings is 3. The van der Waals surface area contributed by atoms with E-state index < -0.39 is 18.6 Å². The van der Waals surface area contributed by atoms with Crippen LogP contribution in [0.25, 0.3) is 10.8 Å². The highest BCUT2D eigenvalue weighted by atomic mass is 16.3. The first-order chi connectivity index (χ1) is 16.0. The van der Waals surface area contributed by atoms with Crippen LogP contribution in [0.4, 0.5) is 5.69 Å². The Kier molecular flexibility index (Phi) is 6.70. The van der Waals surface area contributed by atoms with Gasteiger partial charge in [0.15, 0.2) is 5.78 Å². The van der Waals surface area contributed by atoms with E-state index in [4.69, 9.17) is 0 Å². The van der Waals surface area contributed by atoms with Gasteiger partial charge >= 0.3 is 0 Å². The molecule has 0 spiro atoms. The van der Waals surface area contributed by atoms with Gasteiger partial charge in [0.2, 0.25) is 5.91 Å². The van der Waals surface area contributed by atoms with Gasteiger partial charge in [-0.2, -0.15) is 0 Å². The lowest BCUT2D eigenvalue weighted by Crippen LogP contribution is -2.56. The van der Waals surface area contributed by atoms with Crippen molar-refractivity contribution < 1.29 is 19.5 Å². The Hall–Kier alpha value is -3.71. The normalized spacial score (nSPS) is 14.7. The quantitative estimate of drug-likeness (QED) is 0.569. The fraction of sp³-hybridized carbons (Fsp3) is 0.269. The van der Waals surface area contributed by atoms with Crippen LogP contribution >= 0.6 is 0 Å². The average Bonchev–Trinajstić information content (AvgIpc) is 2.86. The highest BCUT2D eigenvalue weighted by molar-refractivity contribution is 6.00. The molecule has 0 radical (unpaired) electrons. The molecule has 0 aromatic heterocycles. The van der Waals surface area contributed by atoms with E-state index in [1.807, 2.05) is 42.5 Å². The van der Waals surface area contributed by atoms with Crippen LogP contribution in [0.2, 0.25) is 0 Å². The van der Waals surface area contributed by atoms with Crippen LogP contribution in [0.1, 0.15) is 27.6 Å². The summed E-state index contributed by atoms with van der Waals surface area (Å²) in [6.07, 6.45) is 0. The molecule has 3 aromatic carbocycles. The number of aliphatic hydroxyl groups excluding tert-OH is 1. The van der Waals surface area contributed by atoms with Crippen LogP contribution < -0.4 is 10.2 Å². The van der Waals surface area contributed by atoms with Crippen LogP contribution in [0, 0.1) is 0 Å². The number of amides is 2. The van der Waals surface area contributed by atoms with E-state index in [0.29, 0.717) is 37.3 Å². The summed E-state index contributed by atoms with van der Waals surface area (Å²) in [5.74, 6) is -0.659. The van der Waals surface area contributed by atoms with E-state index in [-0.39, 0.29) is 11.7 Å². The van der Waals surface area contributed by atoms with Gasteiger partial charge in [-0.25, -0.2) is 0 Å². The summed E-state index contributed by atoms with van der Waals surface area (Å²) < 4.78 is 0. The van der Waals surface area contributed by atoms with Crippen molar-refractivity contribution in [2.24, 2.45) is 0 Å². The second-order valence-electron chi connectivity index (χ2n) is 8.19. The number of piperazine rings is 1. The third kappa shape index (κ3) is 5.04. The van der Waals surface area contributed by atoms with Crippen LogP contribution in [0.5, 0.6) is 0 Å². The molecule has 33 heavy (non-hydrogen) atoms. The van der Waals surface area contributed by atoms with E-state index in [1.54, 1.807) is 29.2 Å². The molecule has 1 aliphatic rings. The van der Waals surface area contributed by atoms with Gasteiger partial charge in [0.05, 0.1) is 6.61 Å². The molecular formula is C26H27N3O4. The molecule has 1 saturated heterocycles. The number of hydrogen-bond acceptors (Lipinski definition) is 5. The number of hydrogen-bond donors (Lipinski definition) is 2. The van der Waals surface area contributed by atoms with Gasteiger partial charge in [-0.15, -0.1) is 0 Å². The van der Waals surface area contributed by atoms with Gasteiger partial charge < -0.3 is 20.2 Å². The minimum atomic E-state index is -0.995. The highest BCUT2D eigenvalue weighted by Crippen LogP contribution is 2.19. The molecule has 0 aliphatic carbocycles.